The summed E-state index contributed by atoms with van der Waals surface area (Å²) in [6.45, 7) is 8.63. The first-order valence-electron chi connectivity index (χ1n) is 13.2. The van der Waals surface area contributed by atoms with Crippen LogP contribution < -0.4 is 0 Å². The largest absolute Gasteiger partial charge is 0.474 e. The summed E-state index contributed by atoms with van der Waals surface area (Å²) < 4.78 is 6.33. The lowest BCUT2D eigenvalue weighted by Crippen LogP contribution is -2.23. The standard InChI is InChI=1S/C33H35N3O/c1-23-17-24(19-32(2,3)18-23)9-8-12-30-29(22-36)31(27(20-34)21-35)37-33(30,4)28-15-13-26(14-16-28)25-10-6-5-7-11-25/h8-9,12-17,25H,5-7,10-11,18-19H2,1-4H3. The number of nitriles is 3. The number of rotatable bonds is 4. The van der Waals surface area contributed by atoms with E-state index >= 15 is 0 Å². The van der Waals surface area contributed by atoms with Gasteiger partial charge in [-0.1, -0.05) is 87.3 Å². The smallest absolute Gasteiger partial charge is 0.172 e. The summed E-state index contributed by atoms with van der Waals surface area (Å²) >= 11 is 0. The number of ether oxygens (including phenoxy) is 1. The summed E-state index contributed by atoms with van der Waals surface area (Å²) in [5.74, 6) is 0.653. The highest BCUT2D eigenvalue weighted by Gasteiger charge is 2.43. The first-order valence-corrected chi connectivity index (χ1v) is 13.2. The topological polar surface area (TPSA) is 80.6 Å². The molecule has 4 rings (SSSR count). The lowest BCUT2D eigenvalue weighted by atomic mass is 9.75. The molecule has 1 heterocycles. The second-order valence-electron chi connectivity index (χ2n) is 11.5. The zero-order chi connectivity index (χ0) is 26.6. The molecule has 0 N–H and O–H groups in total. The van der Waals surface area contributed by atoms with Crippen molar-refractivity contribution in [1.29, 1.82) is 15.8 Å². The van der Waals surface area contributed by atoms with Crippen molar-refractivity contribution < 1.29 is 4.74 Å². The van der Waals surface area contributed by atoms with Crippen molar-refractivity contribution in [3.8, 4) is 18.2 Å². The molecule has 1 atom stereocenters. The van der Waals surface area contributed by atoms with E-state index < -0.39 is 5.60 Å². The van der Waals surface area contributed by atoms with E-state index in [2.05, 4.69) is 63.3 Å². The van der Waals surface area contributed by atoms with Crippen molar-refractivity contribution >= 4 is 0 Å². The summed E-state index contributed by atoms with van der Waals surface area (Å²) in [5, 5.41) is 29.2. The van der Waals surface area contributed by atoms with Crippen molar-refractivity contribution in [2.24, 2.45) is 5.41 Å². The molecule has 37 heavy (non-hydrogen) atoms. The molecule has 2 aliphatic carbocycles. The molecule has 0 spiro atoms. The van der Waals surface area contributed by atoms with Crippen LogP contribution in [0.2, 0.25) is 0 Å². The maximum Gasteiger partial charge on any atom is 0.172 e. The Hall–Kier alpha value is -3.81. The summed E-state index contributed by atoms with van der Waals surface area (Å²) in [7, 11) is 0. The first-order chi connectivity index (χ1) is 17.7. The maximum atomic E-state index is 10.1. The lowest BCUT2D eigenvalue weighted by molar-refractivity contribution is 0.0754. The molecule has 3 aliphatic rings. The minimum absolute atomic E-state index is 0.0631. The van der Waals surface area contributed by atoms with E-state index in [0.717, 1.165) is 18.4 Å². The fourth-order valence-electron chi connectivity index (χ4n) is 6.21. The molecule has 0 radical (unpaired) electrons. The van der Waals surface area contributed by atoms with Gasteiger partial charge in [-0.3, -0.25) is 0 Å². The Balaban J connectivity index is 1.75. The number of benzene rings is 1. The van der Waals surface area contributed by atoms with Crippen LogP contribution in [0.4, 0.5) is 0 Å². The minimum atomic E-state index is -0.989. The van der Waals surface area contributed by atoms with Crippen LogP contribution in [0, 0.1) is 39.4 Å². The van der Waals surface area contributed by atoms with Crippen LogP contribution in [0.25, 0.3) is 0 Å². The van der Waals surface area contributed by atoms with E-state index in [4.69, 9.17) is 4.74 Å². The van der Waals surface area contributed by atoms with Crippen LogP contribution in [0.15, 0.2) is 82.2 Å². The Morgan fingerprint density at radius 3 is 2.24 bits per heavy atom. The van der Waals surface area contributed by atoms with Gasteiger partial charge in [0.25, 0.3) is 0 Å². The van der Waals surface area contributed by atoms with Crippen LogP contribution in [0.1, 0.15) is 89.7 Å². The molecular formula is C33H35N3O. The molecule has 0 saturated heterocycles. The Bertz CT molecular complexity index is 1320. The van der Waals surface area contributed by atoms with Crippen LogP contribution in [0.3, 0.4) is 0 Å². The van der Waals surface area contributed by atoms with Crippen molar-refractivity contribution in [1.82, 2.24) is 0 Å². The van der Waals surface area contributed by atoms with Gasteiger partial charge in [0.15, 0.2) is 16.9 Å². The van der Waals surface area contributed by atoms with Crippen LogP contribution in [0.5, 0.6) is 0 Å². The lowest BCUT2D eigenvalue weighted by Gasteiger charge is -2.30. The second kappa shape index (κ2) is 10.7. The van der Waals surface area contributed by atoms with Crippen molar-refractivity contribution in [2.75, 3.05) is 0 Å². The highest BCUT2D eigenvalue weighted by molar-refractivity contribution is 5.62. The molecule has 1 aromatic carbocycles. The zero-order valence-corrected chi connectivity index (χ0v) is 22.4. The Morgan fingerprint density at radius 2 is 1.65 bits per heavy atom. The molecular weight excluding hydrogens is 454 g/mol. The molecule has 0 bridgehead atoms. The zero-order valence-electron chi connectivity index (χ0n) is 22.4. The van der Waals surface area contributed by atoms with Gasteiger partial charge in [-0.05, 0) is 67.6 Å². The predicted molar refractivity (Wildman–Crippen MR) is 146 cm³/mol. The molecule has 1 fully saturated rings. The maximum absolute atomic E-state index is 10.1. The van der Waals surface area contributed by atoms with Gasteiger partial charge in [-0.25, -0.2) is 0 Å². The van der Waals surface area contributed by atoms with Gasteiger partial charge in [0, 0.05) is 5.57 Å². The van der Waals surface area contributed by atoms with Gasteiger partial charge in [0.05, 0.1) is 0 Å². The van der Waals surface area contributed by atoms with Gasteiger partial charge >= 0.3 is 0 Å². The number of allylic oxidation sites excluding steroid dienone is 7. The quantitative estimate of drug-likeness (QED) is 0.398. The third kappa shape index (κ3) is 5.48. The van der Waals surface area contributed by atoms with E-state index in [9.17, 15) is 15.8 Å². The van der Waals surface area contributed by atoms with Crippen LogP contribution in [-0.4, -0.2) is 0 Å². The normalized spacial score (nSPS) is 24.8. The van der Waals surface area contributed by atoms with Crippen molar-refractivity contribution in [3.05, 3.63) is 93.3 Å². The third-order valence-corrected chi connectivity index (χ3v) is 7.86. The second-order valence-corrected chi connectivity index (χ2v) is 11.5. The number of hydrogen-bond acceptors (Lipinski definition) is 4. The molecule has 0 aromatic heterocycles. The van der Waals surface area contributed by atoms with E-state index in [0.29, 0.717) is 11.5 Å². The Kier molecular flexibility index (Phi) is 7.57. The van der Waals surface area contributed by atoms with Crippen LogP contribution in [-0.2, 0) is 10.3 Å². The minimum Gasteiger partial charge on any atom is -0.474 e. The van der Waals surface area contributed by atoms with E-state index in [-0.39, 0.29) is 22.3 Å². The Morgan fingerprint density at radius 1 is 0.973 bits per heavy atom. The molecule has 1 unspecified atom stereocenters. The van der Waals surface area contributed by atoms with E-state index in [1.165, 1.54) is 48.8 Å². The third-order valence-electron chi connectivity index (χ3n) is 7.86. The fourth-order valence-corrected chi connectivity index (χ4v) is 6.21. The molecule has 4 nitrogen and oxygen atoms in total. The highest BCUT2D eigenvalue weighted by Crippen LogP contribution is 2.47. The van der Waals surface area contributed by atoms with E-state index in [1.54, 1.807) is 0 Å². The average molecular weight is 490 g/mol. The van der Waals surface area contributed by atoms with E-state index in [1.807, 2.05) is 31.2 Å². The van der Waals surface area contributed by atoms with Crippen LogP contribution >= 0.6 is 0 Å². The summed E-state index contributed by atoms with van der Waals surface area (Å²) in [6, 6.07) is 14.5. The van der Waals surface area contributed by atoms with Gasteiger partial charge in [0.1, 0.15) is 23.8 Å². The molecule has 1 saturated carbocycles. The molecule has 0 amide bonds. The molecule has 188 valence electrons. The fraction of sp³-hybridized carbons (Fsp3) is 0.424. The molecule has 4 heteroatoms. The summed E-state index contributed by atoms with van der Waals surface area (Å²) in [4.78, 5) is 0. The van der Waals surface area contributed by atoms with Crippen molar-refractivity contribution in [2.45, 2.75) is 84.2 Å². The summed E-state index contributed by atoms with van der Waals surface area (Å²) in [5.41, 5.74) is 4.77. The molecule has 1 aliphatic heterocycles. The van der Waals surface area contributed by atoms with Crippen molar-refractivity contribution in [3.63, 3.8) is 0 Å². The monoisotopic (exact) mass is 489 g/mol. The first kappa shape index (κ1) is 26.3. The predicted octanol–water partition coefficient (Wildman–Crippen LogP) is 8.35. The van der Waals surface area contributed by atoms with Gasteiger partial charge in [-0.2, -0.15) is 15.8 Å². The average Bonchev–Trinajstić information content (AvgIpc) is 3.16. The Labute approximate surface area is 221 Å². The van der Waals surface area contributed by atoms with Gasteiger partial charge < -0.3 is 4.74 Å². The van der Waals surface area contributed by atoms with Gasteiger partial charge in [0.2, 0.25) is 0 Å². The number of hydrogen-bond donors (Lipinski definition) is 0. The number of nitrogens with zero attached hydrogens (tertiary/aromatic N) is 3. The highest BCUT2D eigenvalue weighted by atomic mass is 16.5. The SMILES string of the molecule is CC1=CC(=CC=CC2=C(C#N)C(=C(C#N)C#N)OC2(C)c2ccc(C3CCCCC3)cc2)CC(C)(C)C1. The molecule has 1 aromatic rings. The van der Waals surface area contributed by atoms with Gasteiger partial charge in [-0.15, -0.1) is 0 Å². The summed E-state index contributed by atoms with van der Waals surface area (Å²) in [6.07, 6.45) is 16.6.